The molecule has 0 radical (unpaired) electrons. The maximum absolute atomic E-state index is 9.79. The van der Waals surface area contributed by atoms with E-state index in [9.17, 15) is 5.26 Å². The van der Waals surface area contributed by atoms with E-state index >= 15 is 0 Å². The van der Waals surface area contributed by atoms with Gasteiger partial charge in [0, 0.05) is 18.7 Å². The first-order chi connectivity index (χ1) is 12.7. The second kappa shape index (κ2) is 6.77. The summed E-state index contributed by atoms with van der Waals surface area (Å²) < 4.78 is 16.4. The van der Waals surface area contributed by atoms with Gasteiger partial charge < -0.3 is 18.8 Å². The topological polar surface area (TPSA) is 61.9 Å². The predicted octanol–water partition coefficient (Wildman–Crippen LogP) is 2.86. The fourth-order valence-corrected chi connectivity index (χ4v) is 3.79. The van der Waals surface area contributed by atoms with Gasteiger partial charge in [0.05, 0.1) is 51.0 Å². The zero-order valence-corrected chi connectivity index (χ0v) is 15.0. The molecule has 6 nitrogen and oxygen atoms in total. The largest absolute Gasteiger partial charge is 0.493 e. The van der Waals surface area contributed by atoms with E-state index in [0.29, 0.717) is 18.8 Å². The van der Waals surface area contributed by atoms with E-state index in [2.05, 4.69) is 15.9 Å². The van der Waals surface area contributed by atoms with Crippen molar-refractivity contribution < 1.29 is 13.9 Å². The highest BCUT2D eigenvalue weighted by atomic mass is 16.5. The van der Waals surface area contributed by atoms with Crippen LogP contribution in [-0.4, -0.2) is 43.8 Å². The molecule has 134 valence electrons. The lowest BCUT2D eigenvalue weighted by Crippen LogP contribution is -2.45. The quantitative estimate of drug-likeness (QED) is 0.844. The Labute approximate surface area is 152 Å². The van der Waals surface area contributed by atoms with Crippen molar-refractivity contribution in [2.75, 3.05) is 34.0 Å². The molecule has 3 heterocycles. The van der Waals surface area contributed by atoms with Gasteiger partial charge in [0.15, 0.2) is 11.5 Å². The molecule has 0 aliphatic carbocycles. The van der Waals surface area contributed by atoms with Crippen LogP contribution in [0.15, 0.2) is 40.5 Å². The van der Waals surface area contributed by atoms with Crippen LogP contribution < -0.4 is 9.47 Å². The monoisotopic (exact) mass is 351 g/mol. The summed E-state index contributed by atoms with van der Waals surface area (Å²) in [5.74, 6) is 2.33. The molecule has 2 aromatic rings. The Balaban J connectivity index is 1.72. The van der Waals surface area contributed by atoms with Crippen LogP contribution >= 0.6 is 0 Å². The maximum atomic E-state index is 9.79. The molecule has 2 aliphatic heterocycles. The molecule has 2 aliphatic rings. The van der Waals surface area contributed by atoms with Crippen molar-refractivity contribution in [2.24, 2.45) is 0 Å². The van der Waals surface area contributed by atoms with Crippen molar-refractivity contribution >= 4 is 5.70 Å². The van der Waals surface area contributed by atoms with E-state index in [4.69, 9.17) is 13.9 Å². The number of benzene rings is 1. The first kappa shape index (κ1) is 16.6. The minimum absolute atomic E-state index is 0.608. The van der Waals surface area contributed by atoms with Crippen LogP contribution in [-0.2, 0) is 13.0 Å². The van der Waals surface area contributed by atoms with Gasteiger partial charge in [0.25, 0.3) is 0 Å². The van der Waals surface area contributed by atoms with Crippen LogP contribution in [0, 0.1) is 11.3 Å². The summed E-state index contributed by atoms with van der Waals surface area (Å²) in [5.41, 5.74) is 4.06. The normalized spacial score (nSPS) is 16.7. The molecule has 0 spiro atoms. The molecule has 26 heavy (non-hydrogen) atoms. The molecular weight excluding hydrogens is 330 g/mol. The predicted molar refractivity (Wildman–Crippen MR) is 96.5 cm³/mol. The number of hydrogen-bond acceptors (Lipinski definition) is 6. The number of nitriles is 1. The van der Waals surface area contributed by atoms with Crippen molar-refractivity contribution in [3.8, 4) is 17.6 Å². The average Bonchev–Trinajstić information content (AvgIpc) is 3.18. The van der Waals surface area contributed by atoms with Crippen molar-refractivity contribution in [3.63, 3.8) is 0 Å². The molecule has 4 rings (SSSR count). The van der Waals surface area contributed by atoms with E-state index in [1.165, 1.54) is 5.56 Å². The van der Waals surface area contributed by atoms with Crippen LogP contribution in [0.5, 0.6) is 11.5 Å². The number of rotatable bonds is 4. The summed E-state index contributed by atoms with van der Waals surface area (Å²) in [5, 5.41) is 9.79. The molecule has 0 unspecified atom stereocenters. The van der Waals surface area contributed by atoms with Gasteiger partial charge in [-0.15, -0.1) is 0 Å². The minimum Gasteiger partial charge on any atom is -0.493 e. The minimum atomic E-state index is 0.608. The number of furan rings is 1. The number of fused-ring (bicyclic) bond motifs is 3. The van der Waals surface area contributed by atoms with E-state index in [1.807, 2.05) is 24.3 Å². The smallest absolute Gasteiger partial charge is 0.161 e. The SMILES string of the molecule is COc1cc2c(cc1OC)C1=C(C#N)CN(Cc3ccco3)CN1CC2. The molecule has 0 saturated carbocycles. The van der Waals surface area contributed by atoms with Crippen molar-refractivity contribution in [3.05, 3.63) is 53.0 Å². The van der Waals surface area contributed by atoms with Crippen molar-refractivity contribution in [1.29, 1.82) is 5.26 Å². The third-order valence-electron chi connectivity index (χ3n) is 4.96. The molecule has 0 fully saturated rings. The van der Waals surface area contributed by atoms with Crippen molar-refractivity contribution in [1.82, 2.24) is 9.80 Å². The van der Waals surface area contributed by atoms with Crippen LogP contribution in [0.3, 0.4) is 0 Å². The second-order valence-corrected chi connectivity index (χ2v) is 6.52. The second-order valence-electron chi connectivity index (χ2n) is 6.52. The summed E-state index contributed by atoms with van der Waals surface area (Å²) in [6, 6.07) is 10.3. The maximum Gasteiger partial charge on any atom is 0.161 e. The lowest BCUT2D eigenvalue weighted by atomic mass is 9.92. The standard InChI is InChI=1S/C20H21N3O3/c1-24-18-8-14-5-6-23-13-22(12-16-4-3-7-26-16)11-15(10-21)20(23)17(14)9-19(18)25-2/h3-4,7-9H,5-6,11-13H2,1-2H3. The molecule has 1 aromatic carbocycles. The summed E-state index contributed by atoms with van der Waals surface area (Å²) >= 11 is 0. The van der Waals surface area contributed by atoms with Gasteiger partial charge >= 0.3 is 0 Å². The molecule has 0 atom stereocenters. The van der Waals surface area contributed by atoms with Gasteiger partial charge in [-0.05, 0) is 36.2 Å². The van der Waals surface area contributed by atoms with E-state index < -0.39 is 0 Å². The van der Waals surface area contributed by atoms with Gasteiger partial charge in [0.1, 0.15) is 5.76 Å². The number of hydrogen-bond donors (Lipinski definition) is 0. The Kier molecular flexibility index (Phi) is 4.31. The molecule has 0 amide bonds. The van der Waals surface area contributed by atoms with Gasteiger partial charge in [0.2, 0.25) is 0 Å². The summed E-state index contributed by atoms with van der Waals surface area (Å²) in [6.07, 6.45) is 2.59. The number of nitrogens with zero attached hydrogens (tertiary/aromatic N) is 3. The van der Waals surface area contributed by atoms with Gasteiger partial charge in [-0.1, -0.05) is 0 Å². The summed E-state index contributed by atoms with van der Waals surface area (Å²) in [7, 11) is 3.28. The van der Waals surface area contributed by atoms with E-state index in [0.717, 1.165) is 48.0 Å². The zero-order chi connectivity index (χ0) is 18.1. The first-order valence-electron chi connectivity index (χ1n) is 8.61. The number of ether oxygens (including phenoxy) is 2. The zero-order valence-electron chi connectivity index (χ0n) is 15.0. The number of methoxy groups -OCH3 is 2. The highest BCUT2D eigenvalue weighted by molar-refractivity contribution is 5.77. The Hall–Kier alpha value is -2.91. The highest BCUT2D eigenvalue weighted by Crippen LogP contribution is 2.40. The van der Waals surface area contributed by atoms with Crippen LogP contribution in [0.1, 0.15) is 16.9 Å². The van der Waals surface area contributed by atoms with Crippen LogP contribution in [0.25, 0.3) is 5.70 Å². The van der Waals surface area contributed by atoms with Gasteiger partial charge in [-0.25, -0.2) is 0 Å². The molecule has 6 heteroatoms. The molecular formula is C20H21N3O3. The fraction of sp³-hybridized carbons (Fsp3) is 0.350. The van der Waals surface area contributed by atoms with Gasteiger partial charge in [-0.2, -0.15) is 5.26 Å². The summed E-state index contributed by atoms with van der Waals surface area (Å²) in [4.78, 5) is 4.51. The fourth-order valence-electron chi connectivity index (χ4n) is 3.79. The Morgan fingerprint density at radius 3 is 2.73 bits per heavy atom. The van der Waals surface area contributed by atoms with E-state index in [-0.39, 0.29) is 0 Å². The summed E-state index contributed by atoms with van der Waals surface area (Å²) in [6.45, 7) is 2.95. The first-order valence-corrected chi connectivity index (χ1v) is 8.61. The Morgan fingerprint density at radius 2 is 2.04 bits per heavy atom. The molecule has 0 N–H and O–H groups in total. The lowest BCUT2D eigenvalue weighted by molar-refractivity contribution is 0.157. The third-order valence-corrected chi connectivity index (χ3v) is 4.96. The Bertz CT molecular complexity index is 880. The van der Waals surface area contributed by atoms with Crippen molar-refractivity contribution in [2.45, 2.75) is 13.0 Å². The Morgan fingerprint density at radius 1 is 1.23 bits per heavy atom. The average molecular weight is 351 g/mol. The van der Waals surface area contributed by atoms with Crippen LogP contribution in [0.4, 0.5) is 0 Å². The molecule has 1 aromatic heterocycles. The van der Waals surface area contributed by atoms with Gasteiger partial charge in [-0.3, -0.25) is 4.90 Å². The highest BCUT2D eigenvalue weighted by Gasteiger charge is 2.31. The third kappa shape index (κ3) is 2.80. The van der Waals surface area contributed by atoms with Crippen LogP contribution in [0.2, 0.25) is 0 Å². The molecule has 0 saturated heterocycles. The molecule has 0 bridgehead atoms. The lowest BCUT2D eigenvalue weighted by Gasteiger charge is -2.41. The van der Waals surface area contributed by atoms with E-state index in [1.54, 1.807) is 20.5 Å².